The lowest BCUT2D eigenvalue weighted by atomic mass is 10.1. The first-order chi connectivity index (χ1) is 3.39. The largest absolute Gasteiger partial charge is 0.378 e. The Morgan fingerprint density at radius 3 is 2.86 bits per heavy atom. The molecule has 1 nitrogen and oxygen atoms in total. The van der Waals surface area contributed by atoms with E-state index in [9.17, 15) is 0 Å². The summed E-state index contributed by atoms with van der Waals surface area (Å²) in [4.78, 5) is 0. The van der Waals surface area contributed by atoms with Crippen LogP contribution in [0.2, 0.25) is 0 Å². The third kappa shape index (κ3) is 1.48. The summed E-state index contributed by atoms with van der Waals surface area (Å²) < 4.78 is 5.22. The van der Waals surface area contributed by atoms with E-state index in [1.807, 2.05) is 0 Å². The van der Waals surface area contributed by atoms with Gasteiger partial charge in [0.25, 0.3) is 0 Å². The maximum absolute atomic E-state index is 5.22. The van der Waals surface area contributed by atoms with Crippen LogP contribution in [-0.2, 0) is 4.74 Å². The Hall–Kier alpha value is -0.0400. The second-order valence-electron chi connectivity index (χ2n) is 1.95. The second kappa shape index (κ2) is 2.31. The Labute approximate surface area is 44.7 Å². The van der Waals surface area contributed by atoms with Crippen molar-refractivity contribution >= 4 is 0 Å². The summed E-state index contributed by atoms with van der Waals surface area (Å²) in [7, 11) is 0. The third-order valence-electron chi connectivity index (χ3n) is 1.23. The predicted octanol–water partition coefficient (Wildman–Crippen LogP) is 1.39. The first kappa shape index (κ1) is 5.10. The standard InChI is InChI=1S/C6H11O/c1-6-4-2-3-5-7-6/h4,6H,2-3,5H2,1H3. The van der Waals surface area contributed by atoms with Crippen LogP contribution < -0.4 is 0 Å². The lowest BCUT2D eigenvalue weighted by Crippen LogP contribution is -2.15. The van der Waals surface area contributed by atoms with Crippen molar-refractivity contribution in [1.29, 1.82) is 0 Å². The minimum atomic E-state index is 0.411. The summed E-state index contributed by atoms with van der Waals surface area (Å²) in [6.07, 6.45) is 5.07. The number of ether oxygens (including phenoxy) is 1. The molecule has 1 fully saturated rings. The van der Waals surface area contributed by atoms with Crippen LogP contribution in [0.5, 0.6) is 0 Å². The molecule has 1 aliphatic rings. The van der Waals surface area contributed by atoms with Gasteiger partial charge in [0, 0.05) is 6.61 Å². The van der Waals surface area contributed by atoms with E-state index in [0.29, 0.717) is 6.10 Å². The molecule has 0 N–H and O–H groups in total. The normalized spacial score (nSPS) is 33.0. The van der Waals surface area contributed by atoms with Gasteiger partial charge < -0.3 is 4.74 Å². The minimum absolute atomic E-state index is 0.411. The van der Waals surface area contributed by atoms with Crippen molar-refractivity contribution in [1.82, 2.24) is 0 Å². The first-order valence-electron chi connectivity index (χ1n) is 2.84. The summed E-state index contributed by atoms with van der Waals surface area (Å²) in [6, 6.07) is 0. The van der Waals surface area contributed by atoms with Gasteiger partial charge in [0.2, 0.25) is 0 Å². The molecule has 0 amide bonds. The van der Waals surface area contributed by atoms with Crippen LogP contribution in [0, 0.1) is 6.42 Å². The number of hydrogen-bond donors (Lipinski definition) is 0. The molecule has 0 aliphatic carbocycles. The van der Waals surface area contributed by atoms with Crippen LogP contribution in [-0.4, -0.2) is 12.7 Å². The van der Waals surface area contributed by atoms with Gasteiger partial charge in [-0.2, -0.15) is 0 Å². The van der Waals surface area contributed by atoms with Crippen LogP contribution in [0.1, 0.15) is 19.8 Å². The molecule has 1 aliphatic heterocycles. The van der Waals surface area contributed by atoms with Crippen LogP contribution >= 0.6 is 0 Å². The van der Waals surface area contributed by atoms with E-state index < -0.39 is 0 Å². The maximum Gasteiger partial charge on any atom is 0.0578 e. The summed E-state index contributed by atoms with van der Waals surface area (Å²) in [5.74, 6) is 0. The van der Waals surface area contributed by atoms with E-state index in [1.165, 1.54) is 12.8 Å². The van der Waals surface area contributed by atoms with E-state index in [4.69, 9.17) is 4.74 Å². The molecule has 41 valence electrons. The molecule has 1 rings (SSSR count). The highest BCUT2D eigenvalue weighted by Crippen LogP contribution is 2.09. The minimum Gasteiger partial charge on any atom is -0.378 e. The molecule has 0 aromatic rings. The molecule has 0 aromatic carbocycles. The molecule has 1 saturated heterocycles. The van der Waals surface area contributed by atoms with E-state index >= 15 is 0 Å². The number of hydrogen-bond acceptors (Lipinski definition) is 1. The molecule has 1 heteroatoms. The van der Waals surface area contributed by atoms with Crippen molar-refractivity contribution in [3.05, 3.63) is 6.42 Å². The Balaban J connectivity index is 2.12. The summed E-state index contributed by atoms with van der Waals surface area (Å²) in [6.45, 7) is 3.04. The third-order valence-corrected chi connectivity index (χ3v) is 1.23. The lowest BCUT2D eigenvalue weighted by Gasteiger charge is -2.16. The van der Waals surface area contributed by atoms with Gasteiger partial charge in [-0.25, -0.2) is 0 Å². The Kier molecular flexibility index (Phi) is 1.69. The zero-order valence-corrected chi connectivity index (χ0v) is 4.68. The van der Waals surface area contributed by atoms with Gasteiger partial charge in [-0.3, -0.25) is 0 Å². The number of rotatable bonds is 0. The topological polar surface area (TPSA) is 9.23 Å². The van der Waals surface area contributed by atoms with Crippen molar-refractivity contribution in [3.8, 4) is 0 Å². The van der Waals surface area contributed by atoms with E-state index in [-0.39, 0.29) is 0 Å². The molecular formula is C6H11O. The fourth-order valence-electron chi connectivity index (χ4n) is 0.773. The van der Waals surface area contributed by atoms with Crippen molar-refractivity contribution in [3.63, 3.8) is 0 Å². The maximum atomic E-state index is 5.22. The molecule has 1 unspecified atom stereocenters. The van der Waals surface area contributed by atoms with Gasteiger partial charge in [-0.1, -0.05) is 0 Å². The van der Waals surface area contributed by atoms with Crippen LogP contribution in [0.15, 0.2) is 0 Å². The van der Waals surface area contributed by atoms with Crippen LogP contribution in [0.25, 0.3) is 0 Å². The van der Waals surface area contributed by atoms with E-state index in [2.05, 4.69) is 13.3 Å². The molecule has 1 heterocycles. The van der Waals surface area contributed by atoms with Gasteiger partial charge in [0.1, 0.15) is 0 Å². The first-order valence-corrected chi connectivity index (χ1v) is 2.84. The van der Waals surface area contributed by atoms with E-state index in [0.717, 1.165) is 6.61 Å². The smallest absolute Gasteiger partial charge is 0.0578 e. The Bertz CT molecular complexity index is 46.1. The highest BCUT2D eigenvalue weighted by molar-refractivity contribution is 4.75. The van der Waals surface area contributed by atoms with Crippen LogP contribution in [0.4, 0.5) is 0 Å². The SMILES string of the molecule is CC1[CH]CCCO1. The van der Waals surface area contributed by atoms with Crippen LogP contribution in [0.3, 0.4) is 0 Å². The summed E-state index contributed by atoms with van der Waals surface area (Å²) >= 11 is 0. The second-order valence-corrected chi connectivity index (χ2v) is 1.95. The monoisotopic (exact) mass is 99.1 g/mol. The average molecular weight is 99.2 g/mol. The molecular weight excluding hydrogens is 88.1 g/mol. The summed E-state index contributed by atoms with van der Waals surface area (Å²) in [5, 5.41) is 0. The van der Waals surface area contributed by atoms with Crippen molar-refractivity contribution in [2.75, 3.05) is 6.61 Å². The zero-order chi connectivity index (χ0) is 5.11. The quantitative estimate of drug-likeness (QED) is 0.446. The highest BCUT2D eigenvalue weighted by Gasteiger charge is 2.06. The van der Waals surface area contributed by atoms with Gasteiger partial charge in [-0.05, 0) is 26.2 Å². The van der Waals surface area contributed by atoms with E-state index in [1.54, 1.807) is 0 Å². The molecule has 1 radical (unpaired) electrons. The van der Waals surface area contributed by atoms with Crippen molar-refractivity contribution in [2.24, 2.45) is 0 Å². The van der Waals surface area contributed by atoms with Crippen molar-refractivity contribution in [2.45, 2.75) is 25.9 Å². The lowest BCUT2D eigenvalue weighted by molar-refractivity contribution is 0.0614. The molecule has 0 aromatic heterocycles. The van der Waals surface area contributed by atoms with Gasteiger partial charge in [0.15, 0.2) is 0 Å². The van der Waals surface area contributed by atoms with Gasteiger partial charge in [-0.15, -0.1) is 0 Å². The zero-order valence-electron chi connectivity index (χ0n) is 4.68. The Morgan fingerprint density at radius 2 is 2.57 bits per heavy atom. The average Bonchev–Trinajstić information content (AvgIpc) is 1.69. The van der Waals surface area contributed by atoms with Gasteiger partial charge >= 0.3 is 0 Å². The predicted molar refractivity (Wildman–Crippen MR) is 28.9 cm³/mol. The fourth-order valence-corrected chi connectivity index (χ4v) is 0.773. The fraction of sp³-hybridized carbons (Fsp3) is 0.833. The van der Waals surface area contributed by atoms with Crippen molar-refractivity contribution < 1.29 is 4.74 Å². The van der Waals surface area contributed by atoms with Gasteiger partial charge in [0.05, 0.1) is 6.10 Å². The molecule has 1 atom stereocenters. The molecule has 0 bridgehead atoms. The summed E-state index contributed by atoms with van der Waals surface area (Å²) in [5.41, 5.74) is 0. The molecule has 0 saturated carbocycles. The molecule has 7 heavy (non-hydrogen) atoms. The highest BCUT2D eigenvalue weighted by atomic mass is 16.5. The molecule has 0 spiro atoms. The Morgan fingerprint density at radius 1 is 1.71 bits per heavy atom.